The second-order valence-corrected chi connectivity index (χ2v) is 15.2. The third kappa shape index (κ3) is 13.0. The fourth-order valence-corrected chi connectivity index (χ4v) is 6.94. The SMILES string of the molecule is CN(CCS(=O)(=O)[O-])C(=O)CCCCCCC(=O)OCC1CN2C=C(C(=O)NCc3ccc(Cl)cc3)Cc3cc(CN4CCOCC4)cc(c32)O1.[Na+]. The summed E-state index contributed by atoms with van der Waals surface area (Å²) in [5, 5.41) is 3.67. The van der Waals surface area contributed by atoms with Crippen molar-refractivity contribution in [2.45, 2.75) is 64.1 Å². The molecular formula is C36H46ClN4NaO9S. The molecule has 52 heavy (non-hydrogen) atoms. The number of carbonyl (C=O) groups excluding carboxylic acids is 3. The zero-order chi connectivity index (χ0) is 36.4. The molecule has 1 saturated heterocycles. The Balaban J connectivity index is 0.00000605. The number of rotatable bonds is 17. The third-order valence-corrected chi connectivity index (χ3v) is 10.0. The maximum Gasteiger partial charge on any atom is 1.00 e. The van der Waals surface area contributed by atoms with E-state index in [1.165, 1.54) is 11.9 Å². The average Bonchev–Trinajstić information content (AvgIpc) is 3.10. The molecule has 1 unspecified atom stereocenters. The van der Waals surface area contributed by atoms with Crippen molar-refractivity contribution in [3.63, 3.8) is 0 Å². The van der Waals surface area contributed by atoms with Gasteiger partial charge in [-0.25, -0.2) is 8.42 Å². The van der Waals surface area contributed by atoms with E-state index in [-0.39, 0.29) is 73.3 Å². The largest absolute Gasteiger partial charge is 1.00 e. The first kappa shape index (κ1) is 42.1. The second-order valence-electron chi connectivity index (χ2n) is 13.2. The summed E-state index contributed by atoms with van der Waals surface area (Å²) >= 11 is 6.01. The number of anilines is 1. The van der Waals surface area contributed by atoms with Crippen molar-refractivity contribution < 1.29 is 71.1 Å². The summed E-state index contributed by atoms with van der Waals surface area (Å²) in [5.41, 5.74) is 4.59. The number of nitrogens with one attached hydrogen (secondary N) is 1. The van der Waals surface area contributed by atoms with Gasteiger partial charge >= 0.3 is 35.5 Å². The number of morpholine rings is 1. The fourth-order valence-electron chi connectivity index (χ4n) is 6.32. The molecular weight excluding hydrogens is 723 g/mol. The average molecular weight is 769 g/mol. The molecule has 3 heterocycles. The van der Waals surface area contributed by atoms with Gasteiger partial charge in [-0.15, -0.1) is 0 Å². The molecule has 278 valence electrons. The molecule has 16 heteroatoms. The summed E-state index contributed by atoms with van der Waals surface area (Å²) in [6.07, 6.45) is 5.01. The van der Waals surface area contributed by atoms with Gasteiger partial charge in [-0.05, 0) is 47.7 Å². The molecule has 0 spiro atoms. The Labute approximate surface area is 333 Å². The van der Waals surface area contributed by atoms with E-state index in [9.17, 15) is 27.4 Å². The standard InChI is InChI=1S/C36H47ClN4O9S.Na/c1-39(14-17-51(45,46)47)33(42)6-4-2-3-5-7-34(43)49-25-31-24-41-23-29(36(44)38-21-26-8-10-30(37)11-9-26)20-28-18-27(19-32(50-31)35(28)41)22-40-12-15-48-16-13-40;/h8-11,18-19,23,31H,2-7,12-17,20-22,24-25H2,1H3,(H,38,44)(H,45,46,47);/q;+1/p-1. The van der Waals surface area contributed by atoms with Crippen LogP contribution in [-0.2, 0) is 53.5 Å². The summed E-state index contributed by atoms with van der Waals surface area (Å²) in [6.45, 7) is 4.49. The molecule has 2 amide bonds. The van der Waals surface area contributed by atoms with E-state index in [1.54, 1.807) is 12.1 Å². The van der Waals surface area contributed by atoms with Gasteiger partial charge in [0.1, 0.15) is 12.4 Å². The van der Waals surface area contributed by atoms with E-state index in [1.807, 2.05) is 29.3 Å². The maximum absolute atomic E-state index is 13.4. The van der Waals surface area contributed by atoms with E-state index in [2.05, 4.69) is 16.3 Å². The van der Waals surface area contributed by atoms with Crippen LogP contribution in [0.3, 0.4) is 0 Å². The molecule has 1 fully saturated rings. The number of carbonyl (C=O) groups is 3. The van der Waals surface area contributed by atoms with Gasteiger partial charge in [-0.1, -0.05) is 42.6 Å². The third-order valence-electron chi connectivity index (χ3n) is 9.11. The van der Waals surface area contributed by atoms with Crippen LogP contribution in [0.15, 0.2) is 48.2 Å². The minimum atomic E-state index is -4.37. The number of hydrogen-bond donors (Lipinski definition) is 1. The van der Waals surface area contributed by atoms with Crippen LogP contribution in [0.1, 0.15) is 55.2 Å². The van der Waals surface area contributed by atoms with Crippen molar-refractivity contribution in [3.05, 3.63) is 69.9 Å². The van der Waals surface area contributed by atoms with Crippen LogP contribution in [0.5, 0.6) is 5.75 Å². The number of esters is 1. The van der Waals surface area contributed by atoms with E-state index >= 15 is 0 Å². The van der Waals surface area contributed by atoms with Gasteiger partial charge in [-0.2, -0.15) is 0 Å². The summed E-state index contributed by atoms with van der Waals surface area (Å²) < 4.78 is 49.9. The molecule has 2 aromatic rings. The normalized spacial score (nSPS) is 16.9. The van der Waals surface area contributed by atoms with Gasteiger partial charge < -0.3 is 33.9 Å². The summed E-state index contributed by atoms with van der Waals surface area (Å²) in [7, 11) is -2.89. The molecule has 0 aliphatic carbocycles. The van der Waals surface area contributed by atoms with Gasteiger partial charge in [0.25, 0.3) is 0 Å². The van der Waals surface area contributed by atoms with Gasteiger partial charge in [0.05, 0.1) is 41.3 Å². The van der Waals surface area contributed by atoms with Crippen molar-refractivity contribution in [1.82, 2.24) is 15.1 Å². The Morgan fingerprint density at radius 1 is 1.04 bits per heavy atom. The molecule has 0 aromatic heterocycles. The first-order valence-corrected chi connectivity index (χ1v) is 19.3. The molecule has 3 aliphatic rings. The van der Waals surface area contributed by atoms with Gasteiger partial charge in [0, 0.05) is 75.8 Å². The number of unbranched alkanes of at least 4 members (excludes halogenated alkanes) is 3. The first-order valence-electron chi connectivity index (χ1n) is 17.4. The summed E-state index contributed by atoms with van der Waals surface area (Å²) in [5.74, 6) is -0.615. The van der Waals surface area contributed by atoms with Crippen LogP contribution in [-0.4, -0.2) is 105 Å². The van der Waals surface area contributed by atoms with Gasteiger partial charge in [0.15, 0.2) is 6.10 Å². The summed E-state index contributed by atoms with van der Waals surface area (Å²) in [6, 6.07) is 11.6. The predicted molar refractivity (Wildman–Crippen MR) is 190 cm³/mol. The van der Waals surface area contributed by atoms with E-state index in [0.29, 0.717) is 61.9 Å². The van der Waals surface area contributed by atoms with Crippen molar-refractivity contribution in [2.75, 3.05) is 63.7 Å². The van der Waals surface area contributed by atoms with Gasteiger partial charge in [0.2, 0.25) is 11.8 Å². The predicted octanol–water partition coefficient (Wildman–Crippen LogP) is 0.387. The Hall–Kier alpha value is -2.69. The topological polar surface area (TPSA) is 158 Å². The molecule has 5 rings (SSSR count). The van der Waals surface area contributed by atoms with Crippen LogP contribution in [0, 0.1) is 0 Å². The number of amides is 2. The van der Waals surface area contributed by atoms with Crippen molar-refractivity contribution in [3.8, 4) is 5.75 Å². The molecule has 0 bridgehead atoms. The number of benzene rings is 2. The van der Waals surface area contributed by atoms with E-state index in [0.717, 1.165) is 54.9 Å². The Kier molecular flexibility index (Phi) is 16.3. The van der Waals surface area contributed by atoms with E-state index < -0.39 is 22.0 Å². The van der Waals surface area contributed by atoms with Crippen LogP contribution in [0.2, 0.25) is 5.02 Å². The molecule has 0 radical (unpaired) electrons. The second kappa shape index (κ2) is 20.1. The number of hydrogen-bond acceptors (Lipinski definition) is 11. The fraction of sp³-hybridized carbons (Fsp3) is 0.528. The molecule has 1 N–H and O–H groups in total. The zero-order valence-corrected chi connectivity index (χ0v) is 33.5. The Morgan fingerprint density at radius 2 is 1.75 bits per heavy atom. The summed E-state index contributed by atoms with van der Waals surface area (Å²) in [4.78, 5) is 43.8. The van der Waals surface area contributed by atoms with E-state index in [4.69, 9.17) is 25.8 Å². The smallest absolute Gasteiger partial charge is 0.748 e. The number of halogens is 1. The zero-order valence-electron chi connectivity index (χ0n) is 29.9. The molecule has 3 aliphatic heterocycles. The minimum absolute atomic E-state index is 0. The van der Waals surface area contributed by atoms with Gasteiger partial charge in [-0.3, -0.25) is 19.3 Å². The van der Waals surface area contributed by atoms with Crippen molar-refractivity contribution >= 4 is 45.2 Å². The molecule has 1 atom stereocenters. The maximum atomic E-state index is 13.4. The van der Waals surface area contributed by atoms with Crippen LogP contribution < -0.4 is 44.5 Å². The Bertz CT molecular complexity index is 1690. The first-order chi connectivity index (χ1) is 24.4. The van der Waals surface area contributed by atoms with Crippen LogP contribution in [0.4, 0.5) is 5.69 Å². The monoisotopic (exact) mass is 768 g/mol. The molecule has 0 saturated carbocycles. The van der Waals surface area contributed by atoms with Crippen LogP contribution in [0.25, 0.3) is 0 Å². The Morgan fingerprint density at radius 3 is 2.46 bits per heavy atom. The quantitative estimate of drug-likeness (QED) is 0.103. The van der Waals surface area contributed by atoms with Crippen LogP contribution >= 0.6 is 11.6 Å². The molecule has 2 aromatic carbocycles. The van der Waals surface area contributed by atoms with Crippen molar-refractivity contribution in [1.29, 1.82) is 0 Å². The van der Waals surface area contributed by atoms with Crippen molar-refractivity contribution in [2.24, 2.45) is 0 Å². The number of ether oxygens (including phenoxy) is 3. The molecule has 13 nitrogen and oxygen atoms in total. The minimum Gasteiger partial charge on any atom is -0.748 e. The number of nitrogens with zero attached hydrogens (tertiary/aromatic N) is 3.